The molecule has 23 heavy (non-hydrogen) atoms. The maximum Gasteiger partial charge on any atom is 0.272 e. The molecule has 0 saturated heterocycles. The van der Waals surface area contributed by atoms with Crippen LogP contribution in [0.4, 0.5) is 0 Å². The predicted octanol–water partition coefficient (Wildman–Crippen LogP) is 3.72. The number of carbonyl (C=O) groups excluding carboxylic acids is 1. The summed E-state index contributed by atoms with van der Waals surface area (Å²) in [6, 6.07) is 19.8. The van der Waals surface area contributed by atoms with E-state index in [1.54, 1.807) is 11.9 Å². The molecule has 1 aliphatic rings. The Bertz CT molecular complexity index is 698. The molecule has 0 saturated carbocycles. The second-order valence-corrected chi connectivity index (χ2v) is 5.75. The Morgan fingerprint density at radius 2 is 1.74 bits per heavy atom. The van der Waals surface area contributed by atoms with Crippen molar-refractivity contribution in [1.29, 1.82) is 0 Å². The van der Waals surface area contributed by atoms with Crippen molar-refractivity contribution in [3.05, 3.63) is 71.8 Å². The summed E-state index contributed by atoms with van der Waals surface area (Å²) in [6.07, 6.45) is 0.338. The highest BCUT2D eigenvalue weighted by Gasteiger charge is 2.30. The maximum atomic E-state index is 12.7. The van der Waals surface area contributed by atoms with Gasteiger partial charge in [-0.25, -0.2) is 0 Å². The SMILES string of the molecule is C[C@@H](c1ccccc1)N(C)C(=O)C1=NOC(c2ccccc2)C1. The topological polar surface area (TPSA) is 41.9 Å². The molecule has 0 aliphatic carbocycles. The number of carbonyl (C=O) groups is 1. The maximum absolute atomic E-state index is 12.7. The van der Waals surface area contributed by atoms with Gasteiger partial charge < -0.3 is 9.74 Å². The van der Waals surface area contributed by atoms with Crippen molar-refractivity contribution < 1.29 is 9.63 Å². The molecule has 1 unspecified atom stereocenters. The summed E-state index contributed by atoms with van der Waals surface area (Å²) < 4.78 is 0. The van der Waals surface area contributed by atoms with Crippen molar-refractivity contribution in [1.82, 2.24) is 4.90 Å². The zero-order valence-corrected chi connectivity index (χ0v) is 13.3. The Balaban J connectivity index is 1.67. The van der Waals surface area contributed by atoms with Gasteiger partial charge >= 0.3 is 0 Å². The Kier molecular flexibility index (Phi) is 4.42. The molecule has 4 heteroatoms. The van der Waals surface area contributed by atoms with Gasteiger partial charge in [-0.2, -0.15) is 0 Å². The van der Waals surface area contributed by atoms with Gasteiger partial charge in [0.1, 0.15) is 5.71 Å². The van der Waals surface area contributed by atoms with Crippen LogP contribution in [0.2, 0.25) is 0 Å². The van der Waals surface area contributed by atoms with E-state index in [9.17, 15) is 4.79 Å². The van der Waals surface area contributed by atoms with Crippen LogP contribution in [0.3, 0.4) is 0 Å². The average Bonchev–Trinajstić information content (AvgIpc) is 3.11. The number of amides is 1. The lowest BCUT2D eigenvalue weighted by Gasteiger charge is -2.25. The monoisotopic (exact) mass is 308 g/mol. The van der Waals surface area contributed by atoms with E-state index < -0.39 is 0 Å². The summed E-state index contributed by atoms with van der Waals surface area (Å²) in [4.78, 5) is 19.8. The highest BCUT2D eigenvalue weighted by atomic mass is 16.6. The number of rotatable bonds is 4. The lowest BCUT2D eigenvalue weighted by Crippen LogP contribution is -2.34. The van der Waals surface area contributed by atoms with Crippen molar-refractivity contribution in [3.63, 3.8) is 0 Å². The van der Waals surface area contributed by atoms with Crippen molar-refractivity contribution >= 4 is 11.6 Å². The van der Waals surface area contributed by atoms with Gasteiger partial charge in [-0.3, -0.25) is 4.79 Å². The molecule has 0 aromatic heterocycles. The summed E-state index contributed by atoms with van der Waals surface area (Å²) in [5.74, 6) is -0.0835. The quantitative estimate of drug-likeness (QED) is 0.863. The number of hydrogen-bond donors (Lipinski definition) is 0. The number of benzene rings is 2. The van der Waals surface area contributed by atoms with E-state index in [4.69, 9.17) is 4.84 Å². The minimum atomic E-state index is -0.171. The van der Waals surface area contributed by atoms with E-state index in [0.29, 0.717) is 12.1 Å². The summed E-state index contributed by atoms with van der Waals surface area (Å²) >= 11 is 0. The summed E-state index contributed by atoms with van der Waals surface area (Å²) in [5, 5.41) is 4.02. The van der Waals surface area contributed by atoms with E-state index in [1.165, 1.54) is 0 Å². The second-order valence-electron chi connectivity index (χ2n) is 5.75. The molecule has 3 rings (SSSR count). The molecule has 0 N–H and O–H groups in total. The van der Waals surface area contributed by atoms with Gasteiger partial charge in [0.05, 0.1) is 6.04 Å². The Labute approximate surface area is 136 Å². The van der Waals surface area contributed by atoms with Crippen LogP contribution in [-0.4, -0.2) is 23.6 Å². The van der Waals surface area contributed by atoms with Crippen molar-refractivity contribution in [3.8, 4) is 0 Å². The van der Waals surface area contributed by atoms with Gasteiger partial charge in [0.15, 0.2) is 6.10 Å². The first-order valence-electron chi connectivity index (χ1n) is 7.76. The molecule has 118 valence electrons. The van der Waals surface area contributed by atoms with Crippen LogP contribution in [0.1, 0.15) is 36.6 Å². The van der Waals surface area contributed by atoms with Gasteiger partial charge in [0, 0.05) is 13.5 Å². The van der Waals surface area contributed by atoms with E-state index in [-0.39, 0.29) is 18.1 Å². The fraction of sp³-hybridized carbons (Fsp3) is 0.263. The lowest BCUT2D eigenvalue weighted by atomic mass is 10.0. The fourth-order valence-corrected chi connectivity index (χ4v) is 2.68. The lowest BCUT2D eigenvalue weighted by molar-refractivity contribution is -0.124. The Morgan fingerprint density at radius 1 is 1.13 bits per heavy atom. The first kappa shape index (κ1) is 15.3. The molecular formula is C19H20N2O2. The number of hydrogen-bond acceptors (Lipinski definition) is 3. The van der Waals surface area contributed by atoms with Gasteiger partial charge in [-0.05, 0) is 18.1 Å². The molecule has 0 bridgehead atoms. The molecule has 1 heterocycles. The fourth-order valence-electron chi connectivity index (χ4n) is 2.68. The third kappa shape index (κ3) is 3.26. The first-order chi connectivity index (χ1) is 11.2. The van der Waals surface area contributed by atoms with Gasteiger partial charge in [-0.15, -0.1) is 0 Å². The van der Waals surface area contributed by atoms with E-state index in [2.05, 4.69) is 5.16 Å². The van der Waals surface area contributed by atoms with Crippen LogP contribution in [0.15, 0.2) is 65.8 Å². The molecule has 2 atom stereocenters. The molecule has 4 nitrogen and oxygen atoms in total. The third-order valence-corrected chi connectivity index (χ3v) is 4.27. The van der Waals surface area contributed by atoms with Crippen LogP contribution in [0.25, 0.3) is 0 Å². The zero-order valence-electron chi connectivity index (χ0n) is 13.3. The van der Waals surface area contributed by atoms with Crippen LogP contribution in [0.5, 0.6) is 0 Å². The summed E-state index contributed by atoms with van der Waals surface area (Å²) in [5.41, 5.74) is 2.62. The zero-order chi connectivity index (χ0) is 16.2. The molecule has 1 aliphatic heterocycles. The molecule has 2 aromatic rings. The number of oxime groups is 1. The normalized spacial score (nSPS) is 18.0. The van der Waals surface area contributed by atoms with Crippen molar-refractivity contribution in [2.24, 2.45) is 5.16 Å². The van der Waals surface area contributed by atoms with Gasteiger partial charge in [0.25, 0.3) is 5.91 Å². The van der Waals surface area contributed by atoms with Crippen LogP contribution in [-0.2, 0) is 9.63 Å². The molecule has 2 aromatic carbocycles. The van der Waals surface area contributed by atoms with Crippen LogP contribution in [0, 0.1) is 0 Å². The van der Waals surface area contributed by atoms with Gasteiger partial charge in [0.2, 0.25) is 0 Å². The third-order valence-electron chi connectivity index (χ3n) is 4.27. The standard InChI is InChI=1S/C19H20N2O2/c1-14(15-9-5-3-6-10-15)21(2)19(22)17-13-18(23-20-17)16-11-7-4-8-12-16/h3-12,14,18H,13H2,1-2H3/t14-,18?/m0/s1. The number of nitrogens with zero attached hydrogens (tertiary/aromatic N) is 2. The van der Waals surface area contributed by atoms with Crippen molar-refractivity contribution in [2.75, 3.05) is 7.05 Å². The van der Waals surface area contributed by atoms with E-state index in [1.807, 2.05) is 67.6 Å². The second kappa shape index (κ2) is 6.65. The molecule has 0 fully saturated rings. The first-order valence-corrected chi connectivity index (χ1v) is 7.76. The molecule has 0 spiro atoms. The smallest absolute Gasteiger partial charge is 0.272 e. The minimum absolute atomic E-state index is 0.0119. The molecule has 0 radical (unpaired) electrons. The Hall–Kier alpha value is -2.62. The highest BCUT2D eigenvalue weighted by Crippen LogP contribution is 2.28. The Morgan fingerprint density at radius 3 is 2.39 bits per heavy atom. The largest absolute Gasteiger partial charge is 0.387 e. The molecular weight excluding hydrogens is 288 g/mol. The van der Waals surface area contributed by atoms with Crippen LogP contribution >= 0.6 is 0 Å². The average molecular weight is 308 g/mol. The summed E-state index contributed by atoms with van der Waals surface area (Å²) in [7, 11) is 1.80. The highest BCUT2D eigenvalue weighted by molar-refractivity contribution is 6.39. The predicted molar refractivity (Wildman–Crippen MR) is 89.9 cm³/mol. The van der Waals surface area contributed by atoms with Crippen molar-refractivity contribution in [2.45, 2.75) is 25.5 Å². The van der Waals surface area contributed by atoms with E-state index >= 15 is 0 Å². The van der Waals surface area contributed by atoms with E-state index in [0.717, 1.165) is 11.1 Å². The van der Waals surface area contributed by atoms with Crippen LogP contribution < -0.4 is 0 Å². The summed E-state index contributed by atoms with van der Waals surface area (Å²) in [6.45, 7) is 2.01. The van der Waals surface area contributed by atoms with Gasteiger partial charge in [-0.1, -0.05) is 65.8 Å². The minimum Gasteiger partial charge on any atom is -0.387 e. The molecule has 1 amide bonds.